The number of benzene rings is 1. The highest BCUT2D eigenvalue weighted by atomic mass is 35.5. The molecule has 0 aromatic heterocycles. The van der Waals surface area contributed by atoms with Crippen molar-refractivity contribution in [1.29, 1.82) is 0 Å². The molecule has 116 valence electrons. The molecule has 1 aromatic carbocycles. The lowest BCUT2D eigenvalue weighted by atomic mass is 10.0. The molecule has 8 heteroatoms. The molecule has 1 heterocycles. The largest absolute Gasteiger partial charge is 0.478 e. The number of rotatable bonds is 5. The predicted octanol–water partition coefficient (Wildman–Crippen LogP) is 1.74. The van der Waals surface area contributed by atoms with E-state index in [1.807, 2.05) is 0 Å². The molecular formula is C13H16ClNO5S. The fourth-order valence-electron chi connectivity index (χ4n) is 2.19. The molecule has 1 fully saturated rings. The summed E-state index contributed by atoms with van der Waals surface area (Å²) in [6.07, 6.45) is 0.796. The van der Waals surface area contributed by atoms with Crippen molar-refractivity contribution in [3.05, 3.63) is 28.8 Å². The van der Waals surface area contributed by atoms with Crippen molar-refractivity contribution in [3.8, 4) is 0 Å². The Kier molecular flexibility index (Phi) is 4.88. The predicted molar refractivity (Wildman–Crippen MR) is 77.1 cm³/mol. The van der Waals surface area contributed by atoms with Crippen molar-refractivity contribution >= 4 is 27.6 Å². The average Bonchev–Trinajstić information content (AvgIpc) is 2.92. The number of aromatic carboxylic acids is 1. The fourth-order valence-corrected chi connectivity index (χ4v) is 3.73. The minimum atomic E-state index is -3.80. The van der Waals surface area contributed by atoms with Gasteiger partial charge in [0.05, 0.1) is 22.1 Å². The van der Waals surface area contributed by atoms with Gasteiger partial charge in [0.25, 0.3) is 0 Å². The molecule has 2 unspecified atom stereocenters. The van der Waals surface area contributed by atoms with Crippen LogP contribution in [0.15, 0.2) is 23.1 Å². The molecule has 1 aliphatic rings. The molecule has 0 radical (unpaired) electrons. The maximum absolute atomic E-state index is 12.3. The zero-order valence-corrected chi connectivity index (χ0v) is 12.9. The quantitative estimate of drug-likeness (QED) is 0.856. The number of hydrogen-bond donors (Lipinski definition) is 2. The van der Waals surface area contributed by atoms with Crippen LogP contribution in [0.3, 0.4) is 0 Å². The third-order valence-corrected chi connectivity index (χ3v) is 5.38. The van der Waals surface area contributed by atoms with Gasteiger partial charge in [-0.3, -0.25) is 0 Å². The zero-order valence-electron chi connectivity index (χ0n) is 11.4. The van der Waals surface area contributed by atoms with Crippen LogP contribution < -0.4 is 4.72 Å². The molecule has 0 aliphatic carbocycles. The van der Waals surface area contributed by atoms with E-state index < -0.39 is 16.0 Å². The van der Waals surface area contributed by atoms with Crippen molar-refractivity contribution in [2.45, 2.75) is 24.3 Å². The summed E-state index contributed by atoms with van der Waals surface area (Å²) >= 11 is 5.74. The van der Waals surface area contributed by atoms with Crippen LogP contribution in [0.5, 0.6) is 0 Å². The van der Waals surface area contributed by atoms with Crippen LogP contribution in [-0.2, 0) is 14.8 Å². The second-order valence-electron chi connectivity index (χ2n) is 4.98. The number of nitrogens with one attached hydrogen (secondary N) is 1. The minimum Gasteiger partial charge on any atom is -0.478 e. The highest BCUT2D eigenvalue weighted by Gasteiger charge is 2.27. The van der Waals surface area contributed by atoms with Gasteiger partial charge in [0.2, 0.25) is 10.0 Å². The minimum absolute atomic E-state index is 0.00121. The normalized spacial score (nSPS) is 20.4. The van der Waals surface area contributed by atoms with E-state index >= 15 is 0 Å². The molecule has 6 nitrogen and oxygen atoms in total. The van der Waals surface area contributed by atoms with Gasteiger partial charge >= 0.3 is 5.97 Å². The molecule has 21 heavy (non-hydrogen) atoms. The maximum Gasteiger partial charge on any atom is 0.337 e. The molecule has 2 atom stereocenters. The fraction of sp³-hybridized carbons (Fsp3) is 0.462. The van der Waals surface area contributed by atoms with Gasteiger partial charge < -0.3 is 9.84 Å². The first-order chi connectivity index (χ1) is 9.81. The van der Waals surface area contributed by atoms with Gasteiger partial charge in [-0.15, -0.1) is 0 Å². The molecule has 0 bridgehead atoms. The van der Waals surface area contributed by atoms with E-state index in [0.29, 0.717) is 13.2 Å². The number of halogens is 1. The van der Waals surface area contributed by atoms with Crippen LogP contribution in [0.25, 0.3) is 0 Å². The molecule has 1 aliphatic heterocycles. The summed E-state index contributed by atoms with van der Waals surface area (Å²) in [6, 6.07) is 3.32. The summed E-state index contributed by atoms with van der Waals surface area (Å²) in [5.74, 6) is -1.15. The first kappa shape index (κ1) is 16.2. The average molecular weight is 334 g/mol. The van der Waals surface area contributed by atoms with Gasteiger partial charge in [-0.25, -0.2) is 17.9 Å². The van der Waals surface area contributed by atoms with Crippen LogP contribution >= 0.6 is 11.6 Å². The van der Waals surface area contributed by atoms with Gasteiger partial charge in [0.1, 0.15) is 0 Å². The van der Waals surface area contributed by atoms with Gasteiger partial charge in [0.15, 0.2) is 0 Å². The van der Waals surface area contributed by atoms with Gasteiger partial charge in [-0.2, -0.15) is 0 Å². The SMILES string of the molecule is CC(NS(=O)(=O)c1ccc(Cl)c(C(=O)O)c1)C1CCOC1. The van der Waals surface area contributed by atoms with E-state index in [1.54, 1.807) is 6.92 Å². The lowest BCUT2D eigenvalue weighted by Gasteiger charge is -2.19. The first-order valence-corrected chi connectivity index (χ1v) is 8.30. The lowest BCUT2D eigenvalue weighted by Crippen LogP contribution is -2.38. The first-order valence-electron chi connectivity index (χ1n) is 6.44. The second-order valence-corrected chi connectivity index (χ2v) is 7.10. The van der Waals surface area contributed by atoms with Crippen LogP contribution in [0.2, 0.25) is 5.02 Å². The van der Waals surface area contributed by atoms with Crippen molar-refractivity contribution in [1.82, 2.24) is 4.72 Å². The van der Waals surface area contributed by atoms with E-state index in [1.165, 1.54) is 12.1 Å². The second kappa shape index (κ2) is 6.31. The zero-order chi connectivity index (χ0) is 15.6. The van der Waals surface area contributed by atoms with Crippen LogP contribution in [0.4, 0.5) is 0 Å². The Labute approximate surface area is 128 Å². The van der Waals surface area contributed by atoms with Gasteiger partial charge in [-0.05, 0) is 31.5 Å². The standard InChI is InChI=1S/C13H16ClNO5S/c1-8(9-4-5-20-7-9)15-21(18,19)10-2-3-12(14)11(6-10)13(16)17/h2-3,6,8-9,15H,4-5,7H2,1H3,(H,16,17). The van der Waals surface area contributed by atoms with Crippen molar-refractivity contribution in [2.24, 2.45) is 5.92 Å². The molecule has 0 spiro atoms. The number of ether oxygens (including phenoxy) is 1. The Morgan fingerprint density at radius 3 is 2.81 bits per heavy atom. The number of sulfonamides is 1. The summed E-state index contributed by atoms with van der Waals surface area (Å²) in [6.45, 7) is 2.91. The molecule has 2 N–H and O–H groups in total. The van der Waals surface area contributed by atoms with Crippen molar-refractivity contribution in [2.75, 3.05) is 13.2 Å². The Bertz CT molecular complexity index is 640. The van der Waals surface area contributed by atoms with Crippen molar-refractivity contribution < 1.29 is 23.1 Å². The molecule has 1 saturated heterocycles. The summed E-state index contributed by atoms with van der Waals surface area (Å²) in [5.41, 5.74) is -0.239. The molecule has 0 amide bonds. The Balaban J connectivity index is 2.23. The third-order valence-electron chi connectivity index (χ3n) is 3.49. The van der Waals surface area contributed by atoms with E-state index in [9.17, 15) is 13.2 Å². The highest BCUT2D eigenvalue weighted by molar-refractivity contribution is 7.89. The topological polar surface area (TPSA) is 92.7 Å². The smallest absolute Gasteiger partial charge is 0.337 e. The molecule has 2 rings (SSSR count). The number of carboxylic acids is 1. The van der Waals surface area contributed by atoms with Crippen LogP contribution in [0.1, 0.15) is 23.7 Å². The monoisotopic (exact) mass is 333 g/mol. The Morgan fingerprint density at radius 1 is 1.52 bits per heavy atom. The maximum atomic E-state index is 12.3. The Morgan fingerprint density at radius 2 is 2.24 bits per heavy atom. The summed E-state index contributed by atoms with van der Waals surface area (Å²) in [5, 5.41) is 8.99. The number of carboxylic acid groups (broad SMARTS) is 1. The number of hydrogen-bond acceptors (Lipinski definition) is 4. The molecule has 0 saturated carbocycles. The summed E-state index contributed by atoms with van der Waals surface area (Å²) in [4.78, 5) is 10.9. The van der Waals surface area contributed by atoms with E-state index in [-0.39, 0.29) is 27.4 Å². The van der Waals surface area contributed by atoms with E-state index in [0.717, 1.165) is 12.5 Å². The van der Waals surface area contributed by atoms with E-state index in [4.69, 9.17) is 21.4 Å². The molecular weight excluding hydrogens is 318 g/mol. The van der Waals surface area contributed by atoms with Crippen LogP contribution in [0, 0.1) is 5.92 Å². The lowest BCUT2D eigenvalue weighted by molar-refractivity contribution is 0.0697. The van der Waals surface area contributed by atoms with E-state index in [2.05, 4.69) is 4.72 Å². The van der Waals surface area contributed by atoms with Crippen molar-refractivity contribution in [3.63, 3.8) is 0 Å². The molecule has 1 aromatic rings. The summed E-state index contributed by atoms with van der Waals surface area (Å²) in [7, 11) is -3.80. The van der Waals surface area contributed by atoms with Gasteiger partial charge in [0, 0.05) is 18.6 Å². The van der Waals surface area contributed by atoms with Crippen LogP contribution in [-0.4, -0.2) is 38.7 Å². The highest BCUT2D eigenvalue weighted by Crippen LogP contribution is 2.22. The van der Waals surface area contributed by atoms with Gasteiger partial charge in [-0.1, -0.05) is 11.6 Å². The Hall–Kier alpha value is -1.15. The number of carbonyl (C=O) groups is 1. The third kappa shape index (κ3) is 3.74. The summed E-state index contributed by atoms with van der Waals surface area (Å²) < 4.78 is 32.4.